The summed E-state index contributed by atoms with van der Waals surface area (Å²) in [5.41, 5.74) is 2.85. The molecule has 2 heterocycles. The highest BCUT2D eigenvalue weighted by atomic mass is 32.1. The molecule has 2 amide bonds. The number of anilines is 1. The molecule has 0 unspecified atom stereocenters. The standard InChI is InChI=1S/C19H20F2N2O2S/c1-12-14(3-2-4-15(12)22-18(24)6-5-17(20)21)19(25)23-9-7-16-13(11-23)8-10-26-16/h2-4,8,10,17H,5-7,9,11H2,1H3,(H,22,24). The largest absolute Gasteiger partial charge is 0.334 e. The van der Waals surface area contributed by atoms with Crippen LogP contribution >= 0.6 is 11.3 Å². The average molecular weight is 378 g/mol. The lowest BCUT2D eigenvalue weighted by molar-refractivity contribution is -0.116. The Morgan fingerprint density at radius 2 is 2.12 bits per heavy atom. The molecule has 0 atom stereocenters. The number of nitrogens with one attached hydrogen (secondary N) is 1. The molecule has 0 spiro atoms. The smallest absolute Gasteiger partial charge is 0.254 e. The summed E-state index contributed by atoms with van der Waals surface area (Å²) in [4.78, 5) is 27.9. The molecular weight excluding hydrogens is 358 g/mol. The second kappa shape index (κ2) is 7.95. The lowest BCUT2D eigenvalue weighted by atomic mass is 10.0. The molecule has 0 bridgehead atoms. The number of carbonyl (C=O) groups excluding carboxylic acids is 2. The van der Waals surface area contributed by atoms with Gasteiger partial charge in [0.2, 0.25) is 12.3 Å². The van der Waals surface area contributed by atoms with Crippen molar-refractivity contribution in [2.24, 2.45) is 0 Å². The van der Waals surface area contributed by atoms with Crippen molar-refractivity contribution in [2.75, 3.05) is 11.9 Å². The number of amides is 2. The molecule has 0 radical (unpaired) electrons. The molecule has 0 aliphatic carbocycles. The third-order valence-electron chi connectivity index (χ3n) is 4.52. The molecule has 0 saturated heterocycles. The Kier molecular flexibility index (Phi) is 5.66. The first-order valence-electron chi connectivity index (χ1n) is 8.48. The molecule has 2 aromatic rings. The molecule has 4 nitrogen and oxygen atoms in total. The number of fused-ring (bicyclic) bond motifs is 1. The first-order valence-corrected chi connectivity index (χ1v) is 9.36. The van der Waals surface area contributed by atoms with E-state index in [1.807, 2.05) is 11.4 Å². The minimum Gasteiger partial charge on any atom is -0.334 e. The van der Waals surface area contributed by atoms with Crippen LogP contribution in [0.25, 0.3) is 0 Å². The van der Waals surface area contributed by atoms with Gasteiger partial charge in [-0.1, -0.05) is 6.07 Å². The van der Waals surface area contributed by atoms with Crippen molar-refractivity contribution in [3.63, 3.8) is 0 Å². The van der Waals surface area contributed by atoms with Gasteiger partial charge in [-0.25, -0.2) is 8.78 Å². The summed E-state index contributed by atoms with van der Waals surface area (Å²) in [6.07, 6.45) is -2.37. The van der Waals surface area contributed by atoms with Crippen LogP contribution in [0.1, 0.15) is 39.2 Å². The van der Waals surface area contributed by atoms with E-state index in [-0.39, 0.29) is 12.3 Å². The zero-order valence-corrected chi connectivity index (χ0v) is 15.2. The monoisotopic (exact) mass is 378 g/mol. The van der Waals surface area contributed by atoms with Gasteiger partial charge in [-0.2, -0.15) is 0 Å². The Morgan fingerprint density at radius 3 is 2.88 bits per heavy atom. The predicted molar refractivity (Wildman–Crippen MR) is 97.8 cm³/mol. The molecule has 0 fully saturated rings. The molecule has 1 aromatic heterocycles. The van der Waals surface area contributed by atoms with Crippen molar-refractivity contribution < 1.29 is 18.4 Å². The van der Waals surface area contributed by atoms with Crippen molar-refractivity contribution in [2.45, 2.75) is 39.2 Å². The molecule has 26 heavy (non-hydrogen) atoms. The maximum Gasteiger partial charge on any atom is 0.254 e. The van der Waals surface area contributed by atoms with Gasteiger partial charge in [0, 0.05) is 42.1 Å². The van der Waals surface area contributed by atoms with Gasteiger partial charge in [0.15, 0.2) is 0 Å². The SMILES string of the molecule is Cc1c(NC(=O)CCC(F)F)cccc1C(=O)N1CCc2sccc2C1. The molecule has 138 valence electrons. The average Bonchev–Trinajstić information content (AvgIpc) is 3.09. The van der Waals surface area contributed by atoms with Crippen LogP contribution < -0.4 is 5.32 Å². The number of alkyl halides is 2. The highest BCUT2D eigenvalue weighted by Crippen LogP contribution is 2.27. The van der Waals surface area contributed by atoms with Crippen molar-refractivity contribution in [3.8, 4) is 0 Å². The number of benzene rings is 1. The second-order valence-corrected chi connectivity index (χ2v) is 7.30. The number of hydrogen-bond donors (Lipinski definition) is 1. The summed E-state index contributed by atoms with van der Waals surface area (Å²) < 4.78 is 24.5. The summed E-state index contributed by atoms with van der Waals surface area (Å²) in [5, 5.41) is 4.68. The number of rotatable bonds is 5. The Labute approximate surface area is 154 Å². The first kappa shape index (κ1) is 18.5. The van der Waals surface area contributed by atoms with E-state index in [1.54, 1.807) is 41.4 Å². The molecular formula is C19H20F2N2O2S. The van der Waals surface area contributed by atoms with Gasteiger partial charge in [0.25, 0.3) is 5.91 Å². The highest BCUT2D eigenvalue weighted by Gasteiger charge is 2.24. The van der Waals surface area contributed by atoms with E-state index < -0.39 is 18.8 Å². The fraction of sp³-hybridized carbons (Fsp3) is 0.368. The van der Waals surface area contributed by atoms with Crippen molar-refractivity contribution in [1.29, 1.82) is 0 Å². The molecule has 1 aromatic carbocycles. The van der Waals surface area contributed by atoms with Gasteiger partial charge < -0.3 is 10.2 Å². The summed E-state index contributed by atoms with van der Waals surface area (Å²) in [6, 6.07) is 7.16. The molecule has 1 aliphatic heterocycles. The summed E-state index contributed by atoms with van der Waals surface area (Å²) in [5.74, 6) is -0.554. The predicted octanol–water partition coefficient (Wildman–Crippen LogP) is 4.24. The van der Waals surface area contributed by atoms with E-state index in [0.717, 1.165) is 6.42 Å². The highest BCUT2D eigenvalue weighted by molar-refractivity contribution is 7.10. The van der Waals surface area contributed by atoms with E-state index in [4.69, 9.17) is 0 Å². The maximum absolute atomic E-state index is 12.9. The van der Waals surface area contributed by atoms with Crippen LogP contribution in [-0.4, -0.2) is 29.7 Å². The molecule has 1 N–H and O–H groups in total. The normalized spacial score (nSPS) is 13.6. The fourth-order valence-corrected chi connectivity index (χ4v) is 3.94. The third kappa shape index (κ3) is 4.09. The van der Waals surface area contributed by atoms with Crippen LogP contribution in [-0.2, 0) is 17.8 Å². The number of nitrogens with zero attached hydrogens (tertiary/aromatic N) is 1. The summed E-state index contributed by atoms with van der Waals surface area (Å²) in [7, 11) is 0. The fourth-order valence-electron chi connectivity index (χ4n) is 3.05. The summed E-state index contributed by atoms with van der Waals surface area (Å²) >= 11 is 1.72. The quantitative estimate of drug-likeness (QED) is 0.846. The lowest BCUT2D eigenvalue weighted by Crippen LogP contribution is -2.35. The van der Waals surface area contributed by atoms with Crippen LogP contribution in [0.3, 0.4) is 0 Å². The Hall–Kier alpha value is -2.28. The Morgan fingerprint density at radius 1 is 1.31 bits per heavy atom. The second-order valence-electron chi connectivity index (χ2n) is 6.30. The van der Waals surface area contributed by atoms with Gasteiger partial charge in [0.1, 0.15) is 0 Å². The van der Waals surface area contributed by atoms with Gasteiger partial charge in [-0.05, 0) is 48.1 Å². The van der Waals surface area contributed by atoms with E-state index in [0.29, 0.717) is 29.9 Å². The minimum atomic E-state index is -2.50. The van der Waals surface area contributed by atoms with Gasteiger partial charge >= 0.3 is 0 Å². The molecule has 1 aliphatic rings. The van der Waals surface area contributed by atoms with Gasteiger partial charge in [-0.3, -0.25) is 9.59 Å². The molecule has 0 saturated carbocycles. The third-order valence-corrected chi connectivity index (χ3v) is 5.55. The first-order chi connectivity index (χ1) is 12.5. The van der Waals surface area contributed by atoms with Crippen molar-refractivity contribution in [3.05, 3.63) is 51.2 Å². The van der Waals surface area contributed by atoms with E-state index >= 15 is 0 Å². The van der Waals surface area contributed by atoms with E-state index in [2.05, 4.69) is 5.32 Å². The Balaban J connectivity index is 1.72. The number of halogens is 2. The Bertz CT molecular complexity index is 820. The van der Waals surface area contributed by atoms with Crippen LogP contribution in [0.2, 0.25) is 0 Å². The van der Waals surface area contributed by atoms with Gasteiger partial charge in [0.05, 0.1) is 0 Å². The number of thiophene rings is 1. The summed E-state index contributed by atoms with van der Waals surface area (Å²) in [6.45, 7) is 3.01. The van der Waals surface area contributed by atoms with Gasteiger partial charge in [-0.15, -0.1) is 11.3 Å². The van der Waals surface area contributed by atoms with Crippen LogP contribution in [0, 0.1) is 6.92 Å². The zero-order valence-electron chi connectivity index (χ0n) is 14.4. The van der Waals surface area contributed by atoms with Crippen LogP contribution in [0.15, 0.2) is 29.6 Å². The molecule has 7 heteroatoms. The number of carbonyl (C=O) groups is 2. The van der Waals surface area contributed by atoms with E-state index in [1.165, 1.54) is 10.4 Å². The lowest BCUT2D eigenvalue weighted by Gasteiger charge is -2.28. The minimum absolute atomic E-state index is 0.0805. The molecule has 3 rings (SSSR count). The maximum atomic E-state index is 12.9. The van der Waals surface area contributed by atoms with Crippen molar-refractivity contribution in [1.82, 2.24) is 4.90 Å². The van der Waals surface area contributed by atoms with Crippen LogP contribution in [0.5, 0.6) is 0 Å². The van der Waals surface area contributed by atoms with Crippen LogP contribution in [0.4, 0.5) is 14.5 Å². The van der Waals surface area contributed by atoms with E-state index in [9.17, 15) is 18.4 Å². The zero-order chi connectivity index (χ0) is 18.7. The number of hydrogen-bond acceptors (Lipinski definition) is 3. The topological polar surface area (TPSA) is 49.4 Å². The van der Waals surface area contributed by atoms with Crippen molar-refractivity contribution >= 4 is 28.8 Å².